The monoisotopic (exact) mass is 510 g/mol. The minimum absolute atomic E-state index is 0.00789. The number of methoxy groups -OCH3 is 1. The molecular formula is C31H42O6. The molecule has 7 aliphatic rings. The Kier molecular flexibility index (Phi) is 4.68. The van der Waals surface area contributed by atoms with Gasteiger partial charge in [-0.1, -0.05) is 24.1 Å². The predicted molar refractivity (Wildman–Crippen MR) is 136 cm³/mol. The van der Waals surface area contributed by atoms with Crippen LogP contribution in [0, 0.1) is 52.8 Å². The molecule has 2 unspecified atom stereocenters. The molecule has 13 atom stereocenters. The number of rotatable bonds is 2. The Balaban J connectivity index is 1.44. The van der Waals surface area contributed by atoms with E-state index in [0.717, 1.165) is 24.8 Å². The molecule has 0 amide bonds. The van der Waals surface area contributed by atoms with E-state index in [1.807, 2.05) is 13.8 Å². The van der Waals surface area contributed by atoms with Gasteiger partial charge in [-0.05, 0) is 90.0 Å². The summed E-state index contributed by atoms with van der Waals surface area (Å²) in [5.41, 5.74) is 1.83. The average molecular weight is 511 g/mol. The standard InChI is InChI=1S/C31H42O6/c1-14(26(32)35-7)17-8-10-28(4,34)23-19(12-17)15(2)22-21(23)20-13-30(6)31(22)24(20)29(5,37-30)11-9-18-16(3)27(33)36-25(18)31/h12,14,16,18,20-25,34H,8-11,13H2,1-7H3/t14-,16-,18-,20-,21-,22-,23-,24-,25-,28-,29-,30?,31?/m0/s1. The maximum atomic E-state index is 13.0. The summed E-state index contributed by atoms with van der Waals surface area (Å²) in [7, 11) is 1.44. The Morgan fingerprint density at radius 1 is 1.19 bits per heavy atom. The summed E-state index contributed by atoms with van der Waals surface area (Å²) in [5, 5.41) is 12.1. The van der Waals surface area contributed by atoms with Gasteiger partial charge >= 0.3 is 11.9 Å². The number of fused-ring (bicyclic) bond motifs is 5. The van der Waals surface area contributed by atoms with Crippen LogP contribution in [-0.4, -0.2) is 47.1 Å². The number of hydrogen-bond donors (Lipinski definition) is 1. The molecule has 1 N–H and O–H groups in total. The summed E-state index contributed by atoms with van der Waals surface area (Å²) in [6.07, 6.45) is 6.29. The third kappa shape index (κ3) is 2.56. The molecule has 202 valence electrons. The maximum Gasteiger partial charge on any atom is 0.312 e. The minimum Gasteiger partial charge on any atom is -0.469 e. The molecule has 7 rings (SSSR count). The van der Waals surface area contributed by atoms with E-state index in [1.165, 1.54) is 18.3 Å². The molecule has 6 nitrogen and oxygen atoms in total. The highest BCUT2D eigenvalue weighted by atomic mass is 16.6. The van der Waals surface area contributed by atoms with Crippen molar-refractivity contribution in [3.8, 4) is 0 Å². The van der Waals surface area contributed by atoms with Gasteiger partial charge in [0, 0.05) is 23.2 Å². The Morgan fingerprint density at radius 3 is 2.62 bits per heavy atom. The number of carbonyl (C=O) groups is 2. The number of carbonyl (C=O) groups excluding carboxylic acids is 2. The molecule has 0 radical (unpaired) electrons. The van der Waals surface area contributed by atoms with E-state index >= 15 is 0 Å². The average Bonchev–Trinajstić information content (AvgIpc) is 3.48. The second kappa shape index (κ2) is 7.10. The quantitative estimate of drug-likeness (QED) is 0.547. The highest BCUT2D eigenvalue weighted by molar-refractivity contribution is 5.76. The third-order valence-electron chi connectivity index (χ3n) is 12.8. The molecule has 2 saturated heterocycles. The fourth-order valence-corrected chi connectivity index (χ4v) is 11.6. The van der Waals surface area contributed by atoms with Crippen molar-refractivity contribution in [1.29, 1.82) is 0 Å². The van der Waals surface area contributed by atoms with Crippen LogP contribution in [0.5, 0.6) is 0 Å². The molecule has 2 aliphatic heterocycles. The highest BCUT2D eigenvalue weighted by Crippen LogP contribution is 2.85. The van der Waals surface area contributed by atoms with E-state index < -0.39 is 5.60 Å². The predicted octanol–water partition coefficient (Wildman–Crippen LogP) is 4.60. The molecule has 5 aliphatic carbocycles. The Hall–Kier alpha value is -1.66. The molecule has 0 spiro atoms. The summed E-state index contributed by atoms with van der Waals surface area (Å²) >= 11 is 0. The van der Waals surface area contributed by atoms with Crippen LogP contribution in [0.3, 0.4) is 0 Å². The van der Waals surface area contributed by atoms with Crippen molar-refractivity contribution in [1.82, 2.24) is 0 Å². The third-order valence-corrected chi connectivity index (χ3v) is 12.8. The Bertz CT molecular complexity index is 1170. The van der Waals surface area contributed by atoms with Crippen molar-refractivity contribution in [2.75, 3.05) is 7.11 Å². The largest absolute Gasteiger partial charge is 0.469 e. The molecule has 5 fully saturated rings. The summed E-state index contributed by atoms with van der Waals surface area (Å²) in [4.78, 5) is 25.5. The lowest BCUT2D eigenvalue weighted by atomic mass is 9.55. The first-order chi connectivity index (χ1) is 17.3. The van der Waals surface area contributed by atoms with E-state index in [2.05, 4.69) is 33.8 Å². The van der Waals surface area contributed by atoms with Crippen LogP contribution >= 0.6 is 0 Å². The van der Waals surface area contributed by atoms with Crippen molar-refractivity contribution in [2.45, 2.75) is 96.6 Å². The van der Waals surface area contributed by atoms with Gasteiger partial charge < -0.3 is 19.3 Å². The first kappa shape index (κ1) is 24.4. The van der Waals surface area contributed by atoms with E-state index in [-0.39, 0.29) is 64.2 Å². The van der Waals surface area contributed by atoms with Crippen LogP contribution in [0.15, 0.2) is 22.8 Å². The summed E-state index contributed by atoms with van der Waals surface area (Å²) in [5.74, 6) is 0.744. The van der Waals surface area contributed by atoms with Gasteiger partial charge in [0.25, 0.3) is 0 Å². The van der Waals surface area contributed by atoms with Crippen molar-refractivity contribution >= 4 is 11.9 Å². The van der Waals surface area contributed by atoms with Gasteiger partial charge in [0.05, 0.1) is 35.7 Å². The lowest BCUT2D eigenvalue weighted by Gasteiger charge is -2.53. The minimum atomic E-state index is -0.879. The second-order valence-electron chi connectivity index (χ2n) is 14.3. The van der Waals surface area contributed by atoms with Gasteiger partial charge in [0.1, 0.15) is 6.10 Å². The molecule has 37 heavy (non-hydrogen) atoms. The van der Waals surface area contributed by atoms with Crippen LogP contribution in [0.4, 0.5) is 0 Å². The van der Waals surface area contributed by atoms with Crippen molar-refractivity contribution in [3.05, 3.63) is 22.8 Å². The SMILES string of the molecule is COC(=O)[C@@H](C)C1=CC2=C(C)[C@H]3[C@H]([C@@H]4CC5(C)O[C@@]6(C)CC[C@H]7[C@H](C)C(=O)O[C@@H]7C35[C@@H]46)[C@H]2[C@@](C)(O)CC1. The zero-order valence-electron chi connectivity index (χ0n) is 23.3. The molecule has 6 heteroatoms. The summed E-state index contributed by atoms with van der Waals surface area (Å²) in [6.45, 7) is 12.8. The zero-order valence-corrected chi connectivity index (χ0v) is 23.3. The smallest absolute Gasteiger partial charge is 0.312 e. The normalized spacial score (nSPS) is 55.7. The molecule has 2 heterocycles. The summed E-state index contributed by atoms with van der Waals surface area (Å²) in [6, 6.07) is 0. The van der Waals surface area contributed by atoms with Crippen molar-refractivity contribution in [2.24, 2.45) is 52.8 Å². The molecule has 0 aromatic carbocycles. The molecule has 0 aromatic rings. The zero-order chi connectivity index (χ0) is 26.4. The lowest BCUT2D eigenvalue weighted by Crippen LogP contribution is -2.58. The van der Waals surface area contributed by atoms with E-state index in [1.54, 1.807) is 0 Å². The number of esters is 2. The van der Waals surface area contributed by atoms with Crippen LogP contribution in [0.1, 0.15) is 73.6 Å². The first-order valence-electron chi connectivity index (χ1n) is 14.4. The van der Waals surface area contributed by atoms with Gasteiger partial charge in [-0.15, -0.1) is 0 Å². The lowest BCUT2D eigenvalue weighted by molar-refractivity contribution is -0.207. The number of ether oxygens (including phenoxy) is 3. The Labute approximate surface area is 220 Å². The van der Waals surface area contributed by atoms with Gasteiger partial charge in [-0.3, -0.25) is 9.59 Å². The maximum absolute atomic E-state index is 13.0. The number of aliphatic hydroxyl groups is 1. The fraction of sp³-hybridized carbons (Fsp3) is 0.806. The van der Waals surface area contributed by atoms with E-state index in [9.17, 15) is 14.7 Å². The van der Waals surface area contributed by atoms with Crippen LogP contribution in [0.2, 0.25) is 0 Å². The number of allylic oxidation sites excluding steroid dienone is 2. The van der Waals surface area contributed by atoms with Crippen LogP contribution in [0.25, 0.3) is 0 Å². The van der Waals surface area contributed by atoms with Gasteiger partial charge in [0.2, 0.25) is 0 Å². The topological polar surface area (TPSA) is 82.1 Å². The second-order valence-corrected chi connectivity index (χ2v) is 14.3. The molecule has 0 aromatic heterocycles. The van der Waals surface area contributed by atoms with Crippen LogP contribution < -0.4 is 0 Å². The molecular weight excluding hydrogens is 468 g/mol. The van der Waals surface area contributed by atoms with Crippen molar-refractivity contribution < 1.29 is 28.9 Å². The Morgan fingerprint density at radius 2 is 1.92 bits per heavy atom. The first-order valence-corrected chi connectivity index (χ1v) is 14.4. The van der Waals surface area contributed by atoms with Gasteiger partial charge in [-0.2, -0.15) is 0 Å². The summed E-state index contributed by atoms with van der Waals surface area (Å²) < 4.78 is 18.6. The molecule has 3 saturated carbocycles. The van der Waals surface area contributed by atoms with Gasteiger partial charge in [-0.25, -0.2) is 0 Å². The molecule has 5 bridgehead atoms. The highest BCUT2D eigenvalue weighted by Gasteiger charge is 2.88. The number of hydrogen-bond acceptors (Lipinski definition) is 6. The van der Waals surface area contributed by atoms with Crippen LogP contribution in [-0.2, 0) is 23.8 Å². The van der Waals surface area contributed by atoms with E-state index in [4.69, 9.17) is 14.2 Å². The fourth-order valence-electron chi connectivity index (χ4n) is 11.6. The van der Waals surface area contributed by atoms with E-state index in [0.29, 0.717) is 30.6 Å². The van der Waals surface area contributed by atoms with Gasteiger partial charge in [0.15, 0.2) is 0 Å². The van der Waals surface area contributed by atoms with Crippen molar-refractivity contribution in [3.63, 3.8) is 0 Å².